The van der Waals surface area contributed by atoms with Crippen LogP contribution in [-0.2, 0) is 19.6 Å². The zero-order chi connectivity index (χ0) is 16.4. The van der Waals surface area contributed by atoms with Crippen molar-refractivity contribution in [3.63, 3.8) is 0 Å². The summed E-state index contributed by atoms with van der Waals surface area (Å²) >= 11 is 0. The maximum Gasteiger partial charge on any atom is 0.306 e. The number of sulfonamides is 1. The lowest BCUT2D eigenvalue weighted by Gasteiger charge is -2.21. The number of hydrogen-bond donors (Lipinski definition) is 1. The molecule has 7 heteroatoms. The third-order valence-corrected chi connectivity index (χ3v) is 5.74. The van der Waals surface area contributed by atoms with Crippen LogP contribution in [-0.4, -0.2) is 39.4 Å². The number of benzene rings is 1. The van der Waals surface area contributed by atoms with Crippen molar-refractivity contribution in [2.45, 2.75) is 32.1 Å². The van der Waals surface area contributed by atoms with Gasteiger partial charge in [-0.2, -0.15) is 0 Å². The second-order valence-electron chi connectivity index (χ2n) is 5.01. The molecule has 1 aromatic rings. The van der Waals surface area contributed by atoms with Gasteiger partial charge in [0.25, 0.3) is 0 Å². The molecule has 0 unspecified atom stereocenters. The molecule has 0 saturated carbocycles. The Balaban J connectivity index is 3.22. The van der Waals surface area contributed by atoms with E-state index in [9.17, 15) is 13.2 Å². The molecule has 0 aromatic heterocycles. The van der Waals surface area contributed by atoms with Gasteiger partial charge in [0.2, 0.25) is 10.0 Å². The first-order valence-corrected chi connectivity index (χ1v) is 7.96. The number of aryl methyl sites for hydroxylation is 1. The Hall–Kier alpha value is -1.60. The monoisotopic (exact) mass is 314 g/mol. The first-order valence-electron chi connectivity index (χ1n) is 6.52. The number of methoxy groups -OCH3 is 1. The molecule has 0 radical (unpaired) electrons. The SMILES string of the molecule is COC(=O)CCN(C)S(=O)(=O)c1c(C)c(C)cc(N)c1C. The Morgan fingerprint density at radius 3 is 2.38 bits per heavy atom. The number of carbonyl (C=O) groups excluding carboxylic acids is 1. The molecule has 2 N–H and O–H groups in total. The number of esters is 1. The second-order valence-corrected chi connectivity index (χ2v) is 7.00. The quantitative estimate of drug-likeness (QED) is 0.655. The minimum absolute atomic E-state index is 0.00558. The maximum atomic E-state index is 12.7. The van der Waals surface area contributed by atoms with Gasteiger partial charge in [0.15, 0.2) is 0 Å². The minimum Gasteiger partial charge on any atom is -0.469 e. The first-order chi connectivity index (χ1) is 9.62. The van der Waals surface area contributed by atoms with Crippen molar-refractivity contribution in [1.29, 1.82) is 0 Å². The van der Waals surface area contributed by atoms with E-state index in [0.717, 1.165) is 9.87 Å². The zero-order valence-corrected chi connectivity index (χ0v) is 13.9. The molecule has 0 aliphatic heterocycles. The molecule has 1 aromatic carbocycles. The average Bonchev–Trinajstić information content (AvgIpc) is 2.42. The molecule has 1 rings (SSSR count). The molecule has 0 amide bonds. The summed E-state index contributed by atoms with van der Waals surface area (Å²) in [4.78, 5) is 11.4. The van der Waals surface area contributed by atoms with Gasteiger partial charge in [-0.1, -0.05) is 0 Å². The molecule has 0 fully saturated rings. The van der Waals surface area contributed by atoms with Gasteiger partial charge in [0.05, 0.1) is 18.4 Å². The van der Waals surface area contributed by atoms with E-state index in [1.54, 1.807) is 19.9 Å². The summed E-state index contributed by atoms with van der Waals surface area (Å²) < 4.78 is 31.1. The number of rotatable bonds is 5. The molecule has 0 atom stereocenters. The van der Waals surface area contributed by atoms with Crippen LogP contribution in [0.4, 0.5) is 5.69 Å². The van der Waals surface area contributed by atoms with Crippen molar-refractivity contribution < 1.29 is 17.9 Å². The van der Waals surface area contributed by atoms with Gasteiger partial charge in [-0.25, -0.2) is 12.7 Å². The van der Waals surface area contributed by atoms with Gasteiger partial charge < -0.3 is 10.5 Å². The highest BCUT2D eigenvalue weighted by Gasteiger charge is 2.27. The standard InChI is InChI=1S/C14H22N2O4S/c1-9-8-12(15)11(3)14(10(9)2)21(18,19)16(4)7-6-13(17)20-5/h8H,6-7,15H2,1-5H3. The topological polar surface area (TPSA) is 89.7 Å². The largest absolute Gasteiger partial charge is 0.469 e. The molecule has 6 nitrogen and oxygen atoms in total. The molecular weight excluding hydrogens is 292 g/mol. The van der Waals surface area contributed by atoms with E-state index in [0.29, 0.717) is 16.8 Å². The summed E-state index contributed by atoms with van der Waals surface area (Å²) in [7, 11) is -0.993. The van der Waals surface area contributed by atoms with Gasteiger partial charge >= 0.3 is 5.97 Å². The Morgan fingerprint density at radius 2 is 1.86 bits per heavy atom. The Labute approximate surface area is 125 Å². The van der Waals surface area contributed by atoms with E-state index in [-0.39, 0.29) is 17.9 Å². The number of nitrogens with zero attached hydrogens (tertiary/aromatic N) is 1. The second kappa shape index (κ2) is 6.44. The molecule has 118 valence electrons. The van der Waals surface area contributed by atoms with E-state index in [2.05, 4.69) is 4.74 Å². The first kappa shape index (κ1) is 17.5. The summed E-state index contributed by atoms with van der Waals surface area (Å²) in [5, 5.41) is 0. The fourth-order valence-electron chi connectivity index (χ4n) is 2.05. The molecule has 0 aliphatic carbocycles. The average molecular weight is 314 g/mol. The van der Waals surface area contributed by atoms with Crippen molar-refractivity contribution in [2.75, 3.05) is 26.4 Å². The highest BCUT2D eigenvalue weighted by Crippen LogP contribution is 2.29. The lowest BCUT2D eigenvalue weighted by atomic mass is 10.1. The molecule has 0 bridgehead atoms. The summed E-state index contributed by atoms with van der Waals surface area (Å²) in [6.07, 6.45) is 0.00558. The van der Waals surface area contributed by atoms with Crippen molar-refractivity contribution in [3.8, 4) is 0 Å². The summed E-state index contributed by atoms with van der Waals surface area (Å²) in [5.41, 5.74) is 8.34. The minimum atomic E-state index is -3.70. The Kier molecular flexibility index (Phi) is 5.36. The van der Waals surface area contributed by atoms with Gasteiger partial charge in [-0.3, -0.25) is 4.79 Å². The number of nitrogens with two attached hydrogens (primary N) is 1. The molecule has 0 saturated heterocycles. The highest BCUT2D eigenvalue weighted by atomic mass is 32.2. The van der Waals surface area contributed by atoms with Crippen LogP contribution in [0.5, 0.6) is 0 Å². The predicted molar refractivity (Wildman–Crippen MR) is 81.5 cm³/mol. The van der Waals surface area contributed by atoms with Gasteiger partial charge in [-0.05, 0) is 43.5 Å². The van der Waals surface area contributed by atoms with Crippen molar-refractivity contribution in [2.24, 2.45) is 0 Å². The lowest BCUT2D eigenvalue weighted by Crippen LogP contribution is -2.30. The number of ether oxygens (including phenoxy) is 1. The van der Waals surface area contributed by atoms with E-state index in [4.69, 9.17) is 5.73 Å². The van der Waals surface area contributed by atoms with Gasteiger partial charge in [0.1, 0.15) is 0 Å². The van der Waals surface area contributed by atoms with E-state index < -0.39 is 16.0 Å². The van der Waals surface area contributed by atoms with Crippen LogP contribution in [0.3, 0.4) is 0 Å². The number of nitrogen functional groups attached to an aromatic ring is 1. The van der Waals surface area contributed by atoms with Gasteiger partial charge in [0, 0.05) is 19.3 Å². The van der Waals surface area contributed by atoms with Gasteiger partial charge in [-0.15, -0.1) is 0 Å². The van der Waals surface area contributed by atoms with Crippen LogP contribution in [0.25, 0.3) is 0 Å². The summed E-state index contributed by atoms with van der Waals surface area (Å²) in [6, 6.07) is 1.76. The molecule has 0 aliphatic rings. The lowest BCUT2D eigenvalue weighted by molar-refractivity contribution is -0.140. The fourth-order valence-corrected chi connectivity index (χ4v) is 3.75. The van der Waals surface area contributed by atoms with Crippen LogP contribution in [0.1, 0.15) is 23.1 Å². The van der Waals surface area contributed by atoms with Crippen LogP contribution >= 0.6 is 0 Å². The third-order valence-electron chi connectivity index (χ3n) is 3.60. The fraction of sp³-hybridized carbons (Fsp3) is 0.500. The van der Waals surface area contributed by atoms with E-state index in [1.807, 2.05) is 6.92 Å². The van der Waals surface area contributed by atoms with Crippen LogP contribution < -0.4 is 5.73 Å². The van der Waals surface area contributed by atoms with Crippen molar-refractivity contribution in [3.05, 3.63) is 22.8 Å². The predicted octanol–water partition coefficient (Wildman–Crippen LogP) is 1.38. The van der Waals surface area contributed by atoms with Crippen LogP contribution in [0.15, 0.2) is 11.0 Å². The number of hydrogen-bond acceptors (Lipinski definition) is 5. The molecule has 0 heterocycles. The van der Waals surface area contributed by atoms with Crippen molar-refractivity contribution >= 4 is 21.7 Å². The van der Waals surface area contributed by atoms with Crippen molar-refractivity contribution in [1.82, 2.24) is 4.31 Å². The summed E-state index contributed by atoms with van der Waals surface area (Å²) in [6.45, 7) is 5.31. The highest BCUT2D eigenvalue weighted by molar-refractivity contribution is 7.89. The summed E-state index contributed by atoms with van der Waals surface area (Å²) in [5.74, 6) is -0.450. The van der Waals surface area contributed by atoms with Crippen LogP contribution in [0.2, 0.25) is 0 Å². The Bertz CT molecular complexity index is 627. The molecule has 21 heavy (non-hydrogen) atoms. The Morgan fingerprint density at radius 1 is 1.29 bits per heavy atom. The normalized spacial score (nSPS) is 11.7. The van der Waals surface area contributed by atoms with E-state index >= 15 is 0 Å². The molecular formula is C14H22N2O4S. The smallest absolute Gasteiger partial charge is 0.306 e. The third kappa shape index (κ3) is 3.54. The number of anilines is 1. The van der Waals surface area contributed by atoms with E-state index in [1.165, 1.54) is 14.2 Å². The van der Waals surface area contributed by atoms with Crippen LogP contribution in [0, 0.1) is 20.8 Å². The zero-order valence-electron chi connectivity index (χ0n) is 13.1. The maximum absolute atomic E-state index is 12.7. The molecule has 0 spiro atoms. The number of carbonyl (C=O) groups is 1.